The Kier molecular flexibility index (Phi) is 5.22. The molecule has 0 radical (unpaired) electrons. The summed E-state index contributed by atoms with van der Waals surface area (Å²) in [7, 11) is 2.00. The van der Waals surface area contributed by atoms with Gasteiger partial charge in [-0.15, -0.1) is 0 Å². The molecule has 16 heavy (non-hydrogen) atoms. The van der Waals surface area contributed by atoms with E-state index in [2.05, 4.69) is 18.7 Å². The molecular formula is C12H25N3O. The van der Waals surface area contributed by atoms with E-state index >= 15 is 0 Å². The fraction of sp³-hybridized carbons (Fsp3) is 0.917. The van der Waals surface area contributed by atoms with Crippen molar-refractivity contribution in [3.63, 3.8) is 0 Å². The van der Waals surface area contributed by atoms with Gasteiger partial charge in [0.1, 0.15) is 0 Å². The van der Waals surface area contributed by atoms with Crippen LogP contribution in [0.4, 0.5) is 0 Å². The highest BCUT2D eigenvalue weighted by atomic mass is 16.2. The Bertz CT molecular complexity index is 232. The molecule has 94 valence electrons. The van der Waals surface area contributed by atoms with Gasteiger partial charge in [-0.1, -0.05) is 6.92 Å². The van der Waals surface area contributed by atoms with Crippen LogP contribution >= 0.6 is 0 Å². The molecule has 1 saturated heterocycles. The minimum Gasteiger partial charge on any atom is -0.339 e. The standard InChI is InChI=1S/C12H25N3O/c1-4-5-14(3)9-12(16)15-8-11(7-13)6-10(15)2/h10-11H,4-9,13H2,1-3H3. The predicted molar refractivity (Wildman–Crippen MR) is 66.1 cm³/mol. The topological polar surface area (TPSA) is 49.6 Å². The summed E-state index contributed by atoms with van der Waals surface area (Å²) in [6.45, 7) is 7.30. The predicted octanol–water partition coefficient (Wildman–Crippen LogP) is 0.524. The maximum absolute atomic E-state index is 12.0. The van der Waals surface area contributed by atoms with Crippen LogP contribution in [0, 0.1) is 5.92 Å². The molecule has 0 aromatic rings. The maximum atomic E-state index is 12.0. The molecule has 0 spiro atoms. The van der Waals surface area contributed by atoms with Crippen molar-refractivity contribution in [2.75, 3.05) is 33.2 Å². The fourth-order valence-electron chi connectivity index (χ4n) is 2.44. The molecular weight excluding hydrogens is 202 g/mol. The Morgan fingerprint density at radius 2 is 2.25 bits per heavy atom. The minimum absolute atomic E-state index is 0.249. The number of likely N-dealkylation sites (N-methyl/N-ethyl adjacent to an activating group) is 1. The second-order valence-electron chi connectivity index (χ2n) is 4.97. The van der Waals surface area contributed by atoms with Crippen molar-refractivity contribution in [3.8, 4) is 0 Å². The zero-order valence-electron chi connectivity index (χ0n) is 10.8. The first-order valence-electron chi connectivity index (χ1n) is 6.26. The monoisotopic (exact) mass is 227 g/mol. The SMILES string of the molecule is CCCN(C)CC(=O)N1CC(CN)CC1C. The fourth-order valence-corrected chi connectivity index (χ4v) is 2.44. The molecule has 1 fully saturated rings. The number of amides is 1. The Morgan fingerprint density at radius 3 is 2.75 bits per heavy atom. The molecule has 4 nitrogen and oxygen atoms in total. The summed E-state index contributed by atoms with van der Waals surface area (Å²) in [6, 6.07) is 0.357. The summed E-state index contributed by atoms with van der Waals surface area (Å²) in [5.74, 6) is 0.745. The van der Waals surface area contributed by atoms with Gasteiger partial charge in [-0.2, -0.15) is 0 Å². The molecule has 0 aromatic heterocycles. The lowest BCUT2D eigenvalue weighted by Crippen LogP contribution is -2.41. The van der Waals surface area contributed by atoms with Crippen LogP contribution in [-0.2, 0) is 4.79 Å². The van der Waals surface area contributed by atoms with Crippen molar-refractivity contribution in [1.29, 1.82) is 0 Å². The number of carbonyl (C=O) groups excluding carboxylic acids is 1. The lowest BCUT2D eigenvalue weighted by atomic mass is 10.1. The molecule has 1 aliphatic heterocycles. The van der Waals surface area contributed by atoms with Gasteiger partial charge >= 0.3 is 0 Å². The Balaban J connectivity index is 2.42. The van der Waals surface area contributed by atoms with Gasteiger partial charge in [0.15, 0.2) is 0 Å². The number of likely N-dealkylation sites (tertiary alicyclic amines) is 1. The normalized spacial score (nSPS) is 25.4. The van der Waals surface area contributed by atoms with Crippen LogP contribution in [0.2, 0.25) is 0 Å². The molecule has 2 atom stereocenters. The third-order valence-electron chi connectivity index (χ3n) is 3.33. The molecule has 1 heterocycles. The third kappa shape index (κ3) is 3.46. The summed E-state index contributed by atoms with van der Waals surface area (Å²) in [5, 5.41) is 0. The van der Waals surface area contributed by atoms with Gasteiger partial charge in [-0.3, -0.25) is 9.69 Å². The molecule has 1 rings (SSSR count). The van der Waals surface area contributed by atoms with Crippen LogP contribution < -0.4 is 5.73 Å². The lowest BCUT2D eigenvalue weighted by Gasteiger charge is -2.24. The van der Waals surface area contributed by atoms with E-state index in [1.165, 1.54) is 0 Å². The van der Waals surface area contributed by atoms with Gasteiger partial charge in [-0.05, 0) is 45.8 Å². The van der Waals surface area contributed by atoms with E-state index in [0.717, 1.165) is 25.9 Å². The van der Waals surface area contributed by atoms with Crippen molar-refractivity contribution in [2.24, 2.45) is 11.7 Å². The van der Waals surface area contributed by atoms with Gasteiger partial charge in [0.2, 0.25) is 5.91 Å². The number of nitrogens with two attached hydrogens (primary N) is 1. The first-order valence-corrected chi connectivity index (χ1v) is 6.26. The van der Waals surface area contributed by atoms with Crippen LogP contribution in [0.15, 0.2) is 0 Å². The number of carbonyl (C=O) groups is 1. The minimum atomic E-state index is 0.249. The van der Waals surface area contributed by atoms with Crippen LogP contribution in [0.1, 0.15) is 26.7 Å². The largest absolute Gasteiger partial charge is 0.339 e. The van der Waals surface area contributed by atoms with E-state index in [9.17, 15) is 4.79 Å². The molecule has 0 saturated carbocycles. The third-order valence-corrected chi connectivity index (χ3v) is 3.33. The molecule has 1 aliphatic rings. The maximum Gasteiger partial charge on any atom is 0.236 e. The van der Waals surface area contributed by atoms with Crippen LogP contribution in [0.25, 0.3) is 0 Å². The zero-order valence-corrected chi connectivity index (χ0v) is 10.8. The molecule has 0 bridgehead atoms. The van der Waals surface area contributed by atoms with E-state index in [-0.39, 0.29) is 5.91 Å². The van der Waals surface area contributed by atoms with Crippen molar-refractivity contribution in [3.05, 3.63) is 0 Å². The quantitative estimate of drug-likeness (QED) is 0.745. The average Bonchev–Trinajstić information content (AvgIpc) is 2.60. The van der Waals surface area contributed by atoms with Gasteiger partial charge in [0.05, 0.1) is 6.54 Å². The number of rotatable bonds is 5. The van der Waals surface area contributed by atoms with Crippen molar-refractivity contribution in [1.82, 2.24) is 9.80 Å². The highest BCUT2D eigenvalue weighted by molar-refractivity contribution is 5.78. The molecule has 2 N–H and O–H groups in total. The number of hydrogen-bond donors (Lipinski definition) is 1. The second kappa shape index (κ2) is 6.21. The highest BCUT2D eigenvalue weighted by Gasteiger charge is 2.31. The van der Waals surface area contributed by atoms with Crippen LogP contribution in [0.5, 0.6) is 0 Å². The summed E-state index contributed by atoms with van der Waals surface area (Å²) >= 11 is 0. The first-order chi connectivity index (χ1) is 7.58. The van der Waals surface area contributed by atoms with Crippen molar-refractivity contribution in [2.45, 2.75) is 32.7 Å². The summed E-state index contributed by atoms with van der Waals surface area (Å²) in [4.78, 5) is 16.1. The first kappa shape index (κ1) is 13.5. The lowest BCUT2D eigenvalue weighted by molar-refractivity contribution is -0.132. The molecule has 4 heteroatoms. The Labute approximate surface area is 98.8 Å². The highest BCUT2D eigenvalue weighted by Crippen LogP contribution is 2.22. The molecule has 2 unspecified atom stereocenters. The summed E-state index contributed by atoms with van der Waals surface area (Å²) in [6.07, 6.45) is 2.14. The molecule has 0 aliphatic carbocycles. The van der Waals surface area contributed by atoms with Gasteiger partial charge in [0.25, 0.3) is 0 Å². The molecule has 0 aromatic carbocycles. The van der Waals surface area contributed by atoms with Crippen LogP contribution in [-0.4, -0.2) is 55.0 Å². The van der Waals surface area contributed by atoms with Gasteiger partial charge in [-0.25, -0.2) is 0 Å². The smallest absolute Gasteiger partial charge is 0.236 e. The average molecular weight is 227 g/mol. The van der Waals surface area contributed by atoms with E-state index in [4.69, 9.17) is 5.73 Å². The Hall–Kier alpha value is -0.610. The zero-order chi connectivity index (χ0) is 12.1. The van der Waals surface area contributed by atoms with E-state index in [1.54, 1.807) is 0 Å². The van der Waals surface area contributed by atoms with E-state index in [0.29, 0.717) is 25.0 Å². The van der Waals surface area contributed by atoms with Crippen molar-refractivity contribution >= 4 is 5.91 Å². The number of nitrogens with zero attached hydrogens (tertiary/aromatic N) is 2. The van der Waals surface area contributed by atoms with Crippen LogP contribution in [0.3, 0.4) is 0 Å². The van der Waals surface area contributed by atoms with Gasteiger partial charge in [0, 0.05) is 12.6 Å². The number of hydrogen-bond acceptors (Lipinski definition) is 3. The summed E-state index contributed by atoms with van der Waals surface area (Å²) in [5.41, 5.74) is 5.66. The second-order valence-corrected chi connectivity index (χ2v) is 4.97. The molecule has 1 amide bonds. The summed E-state index contributed by atoms with van der Waals surface area (Å²) < 4.78 is 0. The van der Waals surface area contributed by atoms with Gasteiger partial charge < -0.3 is 10.6 Å². The van der Waals surface area contributed by atoms with E-state index < -0.39 is 0 Å². The Morgan fingerprint density at radius 1 is 1.56 bits per heavy atom. The van der Waals surface area contributed by atoms with E-state index in [1.807, 2.05) is 11.9 Å². The van der Waals surface area contributed by atoms with Crippen molar-refractivity contribution < 1.29 is 4.79 Å².